The van der Waals surface area contributed by atoms with Crippen LogP contribution in [0.3, 0.4) is 0 Å². The molecule has 3 aromatic rings. The average Bonchev–Trinajstić information content (AvgIpc) is 3.15. The Morgan fingerprint density at radius 3 is 2.30 bits per heavy atom. The highest BCUT2D eigenvalue weighted by Gasteiger charge is 2.30. The lowest BCUT2D eigenvalue weighted by Crippen LogP contribution is -2.22. The number of benzene rings is 2. The van der Waals surface area contributed by atoms with Gasteiger partial charge in [0.2, 0.25) is 17.5 Å². The van der Waals surface area contributed by atoms with Crippen LogP contribution in [0.2, 0.25) is 0 Å². The Kier molecular flexibility index (Phi) is 4.80. The lowest BCUT2D eigenvalue weighted by atomic mass is 10.1. The van der Waals surface area contributed by atoms with Crippen molar-refractivity contribution in [3.63, 3.8) is 0 Å². The summed E-state index contributed by atoms with van der Waals surface area (Å²) in [6.07, 6.45) is -0.483. The van der Waals surface area contributed by atoms with Crippen LogP contribution in [0.15, 0.2) is 33.5 Å². The molecule has 2 unspecified atom stereocenters. The van der Waals surface area contributed by atoms with Crippen LogP contribution >= 0.6 is 0 Å². The Morgan fingerprint density at radius 1 is 0.967 bits per heavy atom. The highest BCUT2D eigenvalue weighted by molar-refractivity contribution is 5.88. The van der Waals surface area contributed by atoms with Crippen LogP contribution < -0.4 is 10.2 Å². The molecule has 1 aromatic heterocycles. The predicted octanol–water partition coefficient (Wildman–Crippen LogP) is 1.86. The van der Waals surface area contributed by atoms with Crippen LogP contribution in [0.5, 0.6) is 34.5 Å². The molecular formula is C20H18O10. The molecule has 10 nitrogen and oxygen atoms in total. The van der Waals surface area contributed by atoms with Crippen molar-refractivity contribution < 1.29 is 44.5 Å². The number of fused-ring (bicyclic) bond motifs is 1. The van der Waals surface area contributed by atoms with E-state index in [1.807, 2.05) is 0 Å². The summed E-state index contributed by atoms with van der Waals surface area (Å²) in [4.78, 5) is 13.1. The zero-order valence-corrected chi connectivity index (χ0v) is 15.4. The summed E-state index contributed by atoms with van der Waals surface area (Å²) >= 11 is 0. The van der Waals surface area contributed by atoms with Crippen molar-refractivity contribution in [2.24, 2.45) is 0 Å². The molecule has 1 saturated heterocycles. The third kappa shape index (κ3) is 3.31. The Morgan fingerprint density at radius 2 is 1.67 bits per heavy atom. The molecule has 2 atom stereocenters. The first-order valence-corrected chi connectivity index (χ1v) is 8.99. The quantitative estimate of drug-likeness (QED) is 0.344. The van der Waals surface area contributed by atoms with Gasteiger partial charge in [-0.1, -0.05) is 0 Å². The maximum Gasteiger partial charge on any atom is 0.239 e. The predicted molar refractivity (Wildman–Crippen MR) is 102 cm³/mol. The molecule has 1 aliphatic heterocycles. The van der Waals surface area contributed by atoms with E-state index < -0.39 is 40.8 Å². The van der Waals surface area contributed by atoms with E-state index in [1.54, 1.807) is 0 Å². The number of phenolic OH excluding ortho intramolecular Hbond substituents is 5. The molecule has 6 N–H and O–H groups in total. The van der Waals surface area contributed by atoms with E-state index in [0.29, 0.717) is 12.8 Å². The van der Waals surface area contributed by atoms with E-state index in [9.17, 15) is 35.4 Å². The van der Waals surface area contributed by atoms with Crippen LogP contribution in [0.25, 0.3) is 22.3 Å². The average molecular weight is 418 g/mol. The van der Waals surface area contributed by atoms with Gasteiger partial charge in [-0.05, 0) is 18.6 Å². The fraction of sp³-hybridized carbons (Fsp3) is 0.250. The summed E-state index contributed by atoms with van der Waals surface area (Å²) < 4.78 is 16.9. The molecule has 0 spiro atoms. The summed E-state index contributed by atoms with van der Waals surface area (Å²) in [5, 5.41) is 58.1. The van der Waals surface area contributed by atoms with Gasteiger partial charge in [-0.2, -0.15) is 0 Å². The summed E-state index contributed by atoms with van der Waals surface area (Å²) in [7, 11) is 0. The molecular weight excluding hydrogens is 400 g/mol. The molecule has 0 radical (unpaired) electrons. The van der Waals surface area contributed by atoms with E-state index in [2.05, 4.69) is 0 Å². The molecule has 158 valence electrons. The zero-order chi connectivity index (χ0) is 21.6. The van der Waals surface area contributed by atoms with Crippen molar-refractivity contribution >= 4 is 11.0 Å². The van der Waals surface area contributed by atoms with Crippen LogP contribution in [0, 0.1) is 0 Å². The minimum absolute atomic E-state index is 0.0173. The molecule has 30 heavy (non-hydrogen) atoms. The molecule has 2 heterocycles. The van der Waals surface area contributed by atoms with Crippen molar-refractivity contribution in [2.45, 2.75) is 25.2 Å². The molecule has 1 aliphatic rings. The lowest BCUT2D eigenvalue weighted by Gasteiger charge is -2.17. The van der Waals surface area contributed by atoms with Gasteiger partial charge in [-0.25, -0.2) is 0 Å². The van der Waals surface area contributed by atoms with E-state index >= 15 is 0 Å². The van der Waals surface area contributed by atoms with E-state index in [4.69, 9.17) is 13.9 Å². The van der Waals surface area contributed by atoms with Gasteiger partial charge in [0.15, 0.2) is 23.0 Å². The smallest absolute Gasteiger partial charge is 0.239 e. The van der Waals surface area contributed by atoms with Gasteiger partial charge in [-0.15, -0.1) is 0 Å². The molecule has 10 heteroatoms. The molecule has 0 bridgehead atoms. The Bertz CT molecular complexity index is 1160. The summed E-state index contributed by atoms with van der Waals surface area (Å²) in [5.41, 5.74) is -0.976. The Labute approximate surface area is 168 Å². The standard InChI is InChI=1S/C20H18O10/c21-7-10-1-2-15(28-10)30-20-18(27)16-11(23)5-9(22)6-14(16)29-19(20)8-3-12(24)17(26)13(25)4-8/h3-6,10,15,21-26H,1-2,7H2. The molecule has 1 fully saturated rings. The number of phenols is 5. The van der Waals surface area contributed by atoms with Crippen LogP contribution in [-0.4, -0.2) is 49.6 Å². The van der Waals surface area contributed by atoms with Gasteiger partial charge in [0.25, 0.3) is 0 Å². The van der Waals surface area contributed by atoms with Crippen molar-refractivity contribution in [3.8, 4) is 45.8 Å². The topological polar surface area (TPSA) is 170 Å². The molecule has 2 aromatic carbocycles. The lowest BCUT2D eigenvalue weighted by molar-refractivity contribution is -0.0856. The second-order valence-corrected chi connectivity index (χ2v) is 6.86. The molecule has 0 amide bonds. The highest BCUT2D eigenvalue weighted by atomic mass is 16.7. The number of ether oxygens (including phenoxy) is 2. The molecule has 4 rings (SSSR count). The summed E-state index contributed by atoms with van der Waals surface area (Å²) in [5.74, 6) is -3.61. The first-order chi connectivity index (χ1) is 14.3. The maximum absolute atomic E-state index is 13.1. The Balaban J connectivity index is 1.94. The van der Waals surface area contributed by atoms with Crippen LogP contribution in [0.1, 0.15) is 12.8 Å². The van der Waals surface area contributed by atoms with E-state index in [0.717, 1.165) is 24.3 Å². The van der Waals surface area contributed by atoms with Crippen LogP contribution in [-0.2, 0) is 4.74 Å². The van der Waals surface area contributed by atoms with Gasteiger partial charge >= 0.3 is 0 Å². The monoisotopic (exact) mass is 418 g/mol. The minimum Gasteiger partial charge on any atom is -0.508 e. The second-order valence-electron chi connectivity index (χ2n) is 6.86. The van der Waals surface area contributed by atoms with Crippen molar-refractivity contribution in [3.05, 3.63) is 34.5 Å². The third-order valence-corrected chi connectivity index (χ3v) is 4.77. The first kappa shape index (κ1) is 19.7. The van der Waals surface area contributed by atoms with Gasteiger partial charge < -0.3 is 44.5 Å². The maximum atomic E-state index is 13.1. The largest absolute Gasteiger partial charge is 0.508 e. The number of hydrogen-bond acceptors (Lipinski definition) is 10. The number of rotatable bonds is 4. The number of aromatic hydroxyl groups is 5. The number of aliphatic hydroxyl groups excluding tert-OH is 1. The zero-order valence-electron chi connectivity index (χ0n) is 15.4. The van der Waals surface area contributed by atoms with E-state index in [1.165, 1.54) is 0 Å². The second kappa shape index (κ2) is 7.32. The highest BCUT2D eigenvalue weighted by Crippen LogP contribution is 2.43. The van der Waals surface area contributed by atoms with Gasteiger partial charge in [0, 0.05) is 24.1 Å². The molecule has 0 aliphatic carbocycles. The fourth-order valence-corrected chi connectivity index (χ4v) is 3.33. The van der Waals surface area contributed by atoms with Crippen LogP contribution in [0.4, 0.5) is 0 Å². The van der Waals surface area contributed by atoms with Crippen molar-refractivity contribution in [1.82, 2.24) is 0 Å². The van der Waals surface area contributed by atoms with Crippen molar-refractivity contribution in [2.75, 3.05) is 6.61 Å². The first-order valence-electron chi connectivity index (χ1n) is 8.99. The van der Waals surface area contributed by atoms with Gasteiger partial charge in [0.1, 0.15) is 22.5 Å². The van der Waals surface area contributed by atoms with E-state index in [-0.39, 0.29) is 40.4 Å². The summed E-state index contributed by atoms with van der Waals surface area (Å²) in [6.45, 7) is -0.223. The third-order valence-electron chi connectivity index (χ3n) is 4.77. The Hall–Kier alpha value is -3.63. The van der Waals surface area contributed by atoms with Gasteiger partial charge in [-0.3, -0.25) is 4.79 Å². The SMILES string of the molecule is O=c1c(OC2CCC(CO)O2)c(-c2cc(O)c(O)c(O)c2)oc2cc(O)cc(O)c12. The van der Waals surface area contributed by atoms with Crippen molar-refractivity contribution in [1.29, 1.82) is 0 Å². The summed E-state index contributed by atoms with van der Waals surface area (Å²) in [6, 6.07) is 4.16. The fourth-order valence-electron chi connectivity index (χ4n) is 3.33. The number of hydrogen-bond donors (Lipinski definition) is 6. The normalized spacial score (nSPS) is 18.7. The minimum atomic E-state index is -0.889. The van der Waals surface area contributed by atoms with Gasteiger partial charge in [0.05, 0.1) is 12.7 Å². The molecule has 0 saturated carbocycles. The number of aliphatic hydroxyl groups is 1.